The lowest BCUT2D eigenvalue weighted by Crippen LogP contribution is -2.53. The molecule has 1 unspecified atom stereocenters. The third-order valence-corrected chi connectivity index (χ3v) is 6.17. The van der Waals surface area contributed by atoms with Crippen molar-refractivity contribution in [1.29, 1.82) is 0 Å². The molecule has 1 atom stereocenters. The maximum Gasteiger partial charge on any atom is 0.244 e. The maximum atomic E-state index is 12.6. The molecule has 2 rings (SSSR count). The molecule has 0 bridgehead atoms. The molecule has 1 aliphatic rings. The second-order valence-corrected chi connectivity index (χ2v) is 8.99. The number of nitrogens with zero attached hydrogens (tertiary/aromatic N) is 3. The summed E-state index contributed by atoms with van der Waals surface area (Å²) in [6.07, 6.45) is 1.66. The van der Waals surface area contributed by atoms with Gasteiger partial charge < -0.3 is 9.38 Å². The van der Waals surface area contributed by atoms with E-state index in [1.54, 1.807) is 24.1 Å². The van der Waals surface area contributed by atoms with Gasteiger partial charge in [0, 0.05) is 26.4 Å². The van der Waals surface area contributed by atoms with Crippen molar-refractivity contribution in [3.63, 3.8) is 0 Å². The van der Waals surface area contributed by atoms with E-state index in [-0.39, 0.29) is 0 Å². The topological polar surface area (TPSA) is 57.7 Å². The van der Waals surface area contributed by atoms with Crippen LogP contribution in [0.25, 0.3) is 0 Å². The first-order chi connectivity index (χ1) is 10.7. The summed E-state index contributed by atoms with van der Waals surface area (Å²) in [5.74, 6) is 0. The van der Waals surface area contributed by atoms with Gasteiger partial charge in [-0.15, -0.1) is 0 Å². The zero-order chi connectivity index (χ0) is 17.3. The Morgan fingerprint density at radius 2 is 1.96 bits per heavy atom. The average Bonchev–Trinajstić information content (AvgIpc) is 2.47. The Kier molecular flexibility index (Phi) is 5.13. The second kappa shape index (κ2) is 6.59. The van der Waals surface area contributed by atoms with Crippen LogP contribution in [0.2, 0.25) is 0 Å². The third-order valence-electron chi connectivity index (χ3n) is 4.22. The Hall–Kier alpha value is -1.44. The fourth-order valence-corrected chi connectivity index (χ4v) is 4.45. The second-order valence-electron chi connectivity index (χ2n) is 7.02. The number of hydrogen-bond acceptors (Lipinski definition) is 3. The van der Waals surface area contributed by atoms with Crippen LogP contribution in [0, 0.1) is 0 Å². The SMILES string of the molecule is CN1C(N(C=O)CCC[N+](C)(C)C)Cc2ccccc2S1(=O)=O. The molecule has 6 nitrogen and oxygen atoms in total. The van der Waals surface area contributed by atoms with Crippen LogP contribution in [0.4, 0.5) is 0 Å². The number of benzene rings is 1. The molecule has 1 aromatic carbocycles. The van der Waals surface area contributed by atoms with Crippen LogP contribution in [0.3, 0.4) is 0 Å². The zero-order valence-electron chi connectivity index (χ0n) is 14.3. The number of carbonyl (C=O) groups is 1. The number of amides is 1. The fourth-order valence-electron chi connectivity index (χ4n) is 2.89. The highest BCUT2D eigenvalue weighted by Crippen LogP contribution is 2.29. The van der Waals surface area contributed by atoms with Gasteiger partial charge in [0.05, 0.1) is 32.6 Å². The van der Waals surface area contributed by atoms with E-state index in [4.69, 9.17) is 0 Å². The van der Waals surface area contributed by atoms with Gasteiger partial charge in [0.15, 0.2) is 0 Å². The zero-order valence-corrected chi connectivity index (χ0v) is 15.1. The molecular weight excluding hydrogens is 314 g/mol. The first-order valence-corrected chi connectivity index (χ1v) is 9.18. The smallest absolute Gasteiger partial charge is 0.244 e. The number of sulfonamides is 1. The van der Waals surface area contributed by atoms with Crippen molar-refractivity contribution < 1.29 is 17.7 Å². The standard InChI is InChI=1S/C16H26N3O3S/c1-17-16(18(13-20)10-7-11-19(2,3)4)12-14-8-5-6-9-15(14)23(17,21)22/h5-6,8-9,13,16H,7,10-12H2,1-4H3/q+1. The molecule has 1 aromatic rings. The van der Waals surface area contributed by atoms with Crippen molar-refractivity contribution in [2.45, 2.75) is 23.9 Å². The van der Waals surface area contributed by atoms with Crippen molar-refractivity contribution in [1.82, 2.24) is 9.21 Å². The summed E-state index contributed by atoms with van der Waals surface area (Å²) < 4.78 is 27.4. The van der Waals surface area contributed by atoms with Gasteiger partial charge in [-0.2, -0.15) is 4.31 Å². The van der Waals surface area contributed by atoms with Crippen LogP contribution < -0.4 is 0 Å². The van der Waals surface area contributed by atoms with Gasteiger partial charge in [0.2, 0.25) is 16.4 Å². The van der Waals surface area contributed by atoms with Crippen LogP contribution in [0.5, 0.6) is 0 Å². The summed E-state index contributed by atoms with van der Waals surface area (Å²) >= 11 is 0. The molecule has 7 heteroatoms. The summed E-state index contributed by atoms with van der Waals surface area (Å²) in [5.41, 5.74) is 0.772. The molecule has 0 aliphatic carbocycles. The summed E-state index contributed by atoms with van der Waals surface area (Å²) in [7, 11) is 4.29. The van der Waals surface area contributed by atoms with E-state index in [2.05, 4.69) is 21.1 Å². The van der Waals surface area contributed by atoms with Crippen molar-refractivity contribution in [2.75, 3.05) is 41.3 Å². The van der Waals surface area contributed by atoms with E-state index in [1.165, 1.54) is 4.31 Å². The molecule has 0 radical (unpaired) electrons. The maximum absolute atomic E-state index is 12.6. The van der Waals surface area contributed by atoms with E-state index in [0.29, 0.717) is 17.9 Å². The van der Waals surface area contributed by atoms with Crippen LogP contribution in [-0.2, 0) is 21.2 Å². The third kappa shape index (κ3) is 3.91. The lowest BCUT2D eigenvalue weighted by atomic mass is 10.1. The van der Waals surface area contributed by atoms with Gasteiger partial charge in [-0.05, 0) is 11.6 Å². The average molecular weight is 340 g/mol. The summed E-state index contributed by atoms with van der Waals surface area (Å²) in [4.78, 5) is 13.5. The lowest BCUT2D eigenvalue weighted by molar-refractivity contribution is -0.870. The first-order valence-electron chi connectivity index (χ1n) is 7.74. The minimum absolute atomic E-state index is 0.343. The summed E-state index contributed by atoms with van der Waals surface area (Å²) in [6, 6.07) is 7.00. The molecule has 0 saturated heterocycles. The van der Waals surface area contributed by atoms with Crippen molar-refractivity contribution in [2.24, 2.45) is 0 Å². The number of fused-ring (bicyclic) bond motifs is 1. The molecule has 1 heterocycles. The molecular formula is C16H26N3O3S+. The van der Waals surface area contributed by atoms with Gasteiger partial charge in [-0.25, -0.2) is 8.42 Å². The van der Waals surface area contributed by atoms with E-state index in [9.17, 15) is 13.2 Å². The number of hydrogen-bond donors (Lipinski definition) is 0. The van der Waals surface area contributed by atoms with Gasteiger partial charge in [-0.3, -0.25) is 4.79 Å². The number of carbonyl (C=O) groups excluding carboxylic acids is 1. The van der Waals surface area contributed by atoms with Crippen molar-refractivity contribution in [3.8, 4) is 0 Å². The van der Waals surface area contributed by atoms with Crippen molar-refractivity contribution in [3.05, 3.63) is 29.8 Å². The Morgan fingerprint density at radius 1 is 1.30 bits per heavy atom. The molecule has 0 saturated carbocycles. The summed E-state index contributed by atoms with van der Waals surface area (Å²) in [6.45, 7) is 1.47. The van der Waals surface area contributed by atoms with Crippen LogP contribution in [0.15, 0.2) is 29.2 Å². The summed E-state index contributed by atoms with van der Waals surface area (Å²) in [5, 5.41) is 0. The van der Waals surface area contributed by atoms with Crippen LogP contribution in [-0.4, -0.2) is 76.0 Å². The van der Waals surface area contributed by atoms with Crippen LogP contribution >= 0.6 is 0 Å². The Labute approximate surface area is 138 Å². The van der Waals surface area contributed by atoms with Gasteiger partial charge >= 0.3 is 0 Å². The monoisotopic (exact) mass is 340 g/mol. The highest BCUT2D eigenvalue weighted by atomic mass is 32.2. The largest absolute Gasteiger partial charge is 0.331 e. The Morgan fingerprint density at radius 3 is 2.57 bits per heavy atom. The molecule has 0 spiro atoms. The molecule has 0 N–H and O–H groups in total. The Balaban J connectivity index is 2.20. The van der Waals surface area contributed by atoms with Gasteiger partial charge in [-0.1, -0.05) is 18.2 Å². The normalized spacial score (nSPS) is 20.8. The predicted octanol–water partition coefficient (Wildman–Crippen LogP) is 0.744. The van der Waals surface area contributed by atoms with Crippen LogP contribution in [0.1, 0.15) is 12.0 Å². The van der Waals surface area contributed by atoms with Crippen molar-refractivity contribution >= 4 is 16.4 Å². The number of quaternary nitrogens is 1. The van der Waals surface area contributed by atoms with E-state index in [1.807, 2.05) is 12.1 Å². The van der Waals surface area contributed by atoms with E-state index >= 15 is 0 Å². The minimum Gasteiger partial charge on any atom is -0.331 e. The molecule has 128 valence electrons. The highest BCUT2D eigenvalue weighted by Gasteiger charge is 2.38. The van der Waals surface area contributed by atoms with E-state index < -0.39 is 16.2 Å². The quantitative estimate of drug-likeness (QED) is 0.567. The van der Waals surface area contributed by atoms with E-state index in [0.717, 1.165) is 29.4 Å². The fraction of sp³-hybridized carbons (Fsp3) is 0.562. The molecule has 0 fully saturated rings. The molecule has 1 amide bonds. The number of likely N-dealkylation sites (N-methyl/N-ethyl adjacent to an activating group) is 1. The molecule has 1 aliphatic heterocycles. The minimum atomic E-state index is -3.55. The lowest BCUT2D eigenvalue weighted by Gasteiger charge is -2.39. The number of rotatable bonds is 6. The van der Waals surface area contributed by atoms with Gasteiger partial charge in [0.25, 0.3) is 0 Å². The molecule has 0 aromatic heterocycles. The van der Waals surface area contributed by atoms with Gasteiger partial charge in [0.1, 0.15) is 6.17 Å². The predicted molar refractivity (Wildman–Crippen MR) is 89.2 cm³/mol. The highest BCUT2D eigenvalue weighted by molar-refractivity contribution is 7.89. The first kappa shape index (κ1) is 17.9. The Bertz CT molecular complexity index is 667. The molecule has 23 heavy (non-hydrogen) atoms.